The quantitative estimate of drug-likeness (QED) is 0.742. The number of methoxy groups -OCH3 is 1. The molecule has 0 spiro atoms. The summed E-state index contributed by atoms with van der Waals surface area (Å²) >= 11 is 6.27. The predicted octanol–water partition coefficient (Wildman–Crippen LogP) is 3.61. The average Bonchev–Trinajstić information content (AvgIpc) is 2.37. The van der Waals surface area contributed by atoms with Crippen LogP contribution >= 0.6 is 31.9 Å². The summed E-state index contributed by atoms with van der Waals surface area (Å²) in [4.78, 5) is 12.0. The molecule has 1 amide bonds. The molecule has 3 nitrogen and oxygen atoms in total. The van der Waals surface area contributed by atoms with E-state index in [-0.39, 0.29) is 18.2 Å². The highest BCUT2D eigenvalue weighted by Gasteiger charge is 2.31. The van der Waals surface area contributed by atoms with E-state index in [4.69, 9.17) is 4.74 Å². The van der Waals surface area contributed by atoms with Gasteiger partial charge in [-0.2, -0.15) is 13.2 Å². The number of hydrogen-bond donors (Lipinski definition) is 1. The smallest absolute Gasteiger partial charge is 0.383 e. The molecule has 0 heterocycles. The number of ether oxygens (including phenoxy) is 1. The van der Waals surface area contributed by atoms with Gasteiger partial charge < -0.3 is 10.1 Å². The molecule has 112 valence electrons. The number of benzene rings is 1. The van der Waals surface area contributed by atoms with E-state index >= 15 is 0 Å². The first kappa shape index (κ1) is 17.5. The largest absolute Gasteiger partial charge is 0.416 e. The molecule has 0 saturated heterocycles. The third-order valence-corrected chi connectivity index (χ3v) is 3.90. The third-order valence-electron chi connectivity index (χ3n) is 2.43. The first-order valence-corrected chi connectivity index (χ1v) is 7.43. The summed E-state index contributed by atoms with van der Waals surface area (Å²) in [6.45, 7) is 0.258. The molecule has 0 saturated carbocycles. The minimum absolute atomic E-state index is 0.0677. The molecule has 1 N–H and O–H groups in total. The van der Waals surface area contributed by atoms with Crippen LogP contribution in [-0.4, -0.2) is 31.0 Å². The van der Waals surface area contributed by atoms with E-state index in [1.54, 1.807) is 0 Å². The standard InChI is InChI=1S/C12H12Br2F3NO2/c1-20-6-8(5-13)18-11(19)9-4-7(12(15,16)17)2-3-10(9)14/h2-4,8H,5-6H2,1H3,(H,18,19). The second-order valence-corrected chi connectivity index (χ2v) is 5.47. The van der Waals surface area contributed by atoms with Gasteiger partial charge in [0, 0.05) is 16.9 Å². The Hall–Kier alpha value is -0.600. The predicted molar refractivity (Wildman–Crippen MR) is 76.1 cm³/mol. The van der Waals surface area contributed by atoms with Gasteiger partial charge in [-0.05, 0) is 34.1 Å². The highest BCUT2D eigenvalue weighted by atomic mass is 79.9. The van der Waals surface area contributed by atoms with Gasteiger partial charge in [0.05, 0.1) is 23.8 Å². The molecule has 0 radical (unpaired) electrons. The lowest BCUT2D eigenvalue weighted by molar-refractivity contribution is -0.137. The molecule has 0 aliphatic rings. The number of halogens is 5. The number of alkyl halides is 4. The van der Waals surface area contributed by atoms with Crippen molar-refractivity contribution >= 4 is 37.8 Å². The summed E-state index contributed by atoms with van der Waals surface area (Å²) in [6.07, 6.45) is -4.49. The fraction of sp³-hybridized carbons (Fsp3) is 0.417. The van der Waals surface area contributed by atoms with E-state index in [2.05, 4.69) is 37.2 Å². The molecule has 0 aliphatic heterocycles. The first-order chi connectivity index (χ1) is 9.29. The number of nitrogens with one attached hydrogen (secondary N) is 1. The van der Waals surface area contributed by atoms with Gasteiger partial charge in [-0.15, -0.1) is 0 Å². The molecule has 1 atom stereocenters. The monoisotopic (exact) mass is 417 g/mol. The highest BCUT2D eigenvalue weighted by Crippen LogP contribution is 2.31. The first-order valence-electron chi connectivity index (χ1n) is 5.52. The zero-order valence-electron chi connectivity index (χ0n) is 10.4. The van der Waals surface area contributed by atoms with Gasteiger partial charge in [0.25, 0.3) is 5.91 Å². The summed E-state index contributed by atoms with van der Waals surface area (Å²) in [5.74, 6) is -0.593. The molecule has 20 heavy (non-hydrogen) atoms. The Kier molecular flexibility index (Phi) is 6.47. The summed E-state index contributed by atoms with van der Waals surface area (Å²) in [5, 5.41) is 3.03. The Morgan fingerprint density at radius 1 is 1.45 bits per heavy atom. The number of rotatable bonds is 5. The molecular weight excluding hydrogens is 407 g/mol. The van der Waals surface area contributed by atoms with E-state index in [0.29, 0.717) is 9.80 Å². The Bertz CT molecular complexity index is 480. The molecule has 1 unspecified atom stereocenters. The van der Waals surface area contributed by atoms with Gasteiger partial charge in [-0.3, -0.25) is 4.79 Å². The van der Waals surface area contributed by atoms with E-state index in [1.807, 2.05) is 0 Å². The van der Waals surface area contributed by atoms with Crippen LogP contribution in [0.5, 0.6) is 0 Å². The second kappa shape index (κ2) is 7.42. The zero-order chi connectivity index (χ0) is 15.3. The highest BCUT2D eigenvalue weighted by molar-refractivity contribution is 9.10. The van der Waals surface area contributed by atoms with Crippen LogP contribution in [0.4, 0.5) is 13.2 Å². The van der Waals surface area contributed by atoms with E-state index < -0.39 is 17.6 Å². The lowest BCUT2D eigenvalue weighted by Crippen LogP contribution is -2.39. The SMILES string of the molecule is COCC(CBr)NC(=O)c1cc(C(F)(F)F)ccc1Br. The van der Waals surface area contributed by atoms with Crippen molar-refractivity contribution in [2.45, 2.75) is 12.2 Å². The molecule has 8 heteroatoms. The fourth-order valence-electron chi connectivity index (χ4n) is 1.46. The van der Waals surface area contributed by atoms with Crippen LogP contribution in [-0.2, 0) is 10.9 Å². The molecule has 0 bridgehead atoms. The van der Waals surface area contributed by atoms with Gasteiger partial charge in [-0.25, -0.2) is 0 Å². The lowest BCUT2D eigenvalue weighted by Gasteiger charge is -2.16. The van der Waals surface area contributed by atoms with Gasteiger partial charge in [0.15, 0.2) is 0 Å². The van der Waals surface area contributed by atoms with Gasteiger partial charge in [-0.1, -0.05) is 15.9 Å². The van der Waals surface area contributed by atoms with Gasteiger partial charge in [0.1, 0.15) is 0 Å². The van der Waals surface area contributed by atoms with Crippen LogP contribution in [0.15, 0.2) is 22.7 Å². The maximum absolute atomic E-state index is 12.6. The van der Waals surface area contributed by atoms with Crippen LogP contribution in [0.2, 0.25) is 0 Å². The summed E-state index contributed by atoms with van der Waals surface area (Å²) in [6, 6.07) is 2.61. The van der Waals surface area contributed by atoms with Crippen LogP contribution < -0.4 is 5.32 Å². The van der Waals surface area contributed by atoms with Crippen LogP contribution in [0.3, 0.4) is 0 Å². The number of amides is 1. The van der Waals surface area contributed by atoms with Crippen molar-refractivity contribution in [3.63, 3.8) is 0 Å². The maximum atomic E-state index is 12.6. The van der Waals surface area contributed by atoms with Crippen molar-refractivity contribution in [1.29, 1.82) is 0 Å². The minimum atomic E-state index is -4.49. The molecule has 0 aliphatic carbocycles. The van der Waals surface area contributed by atoms with Crippen LogP contribution in [0.1, 0.15) is 15.9 Å². The Labute approximate surface area is 131 Å². The van der Waals surface area contributed by atoms with E-state index in [9.17, 15) is 18.0 Å². The third kappa shape index (κ3) is 4.75. The van der Waals surface area contributed by atoms with Crippen molar-refractivity contribution in [2.75, 3.05) is 19.0 Å². The molecule has 0 fully saturated rings. The maximum Gasteiger partial charge on any atom is 0.416 e. The molecule has 1 aromatic rings. The number of hydrogen-bond acceptors (Lipinski definition) is 2. The second-order valence-electron chi connectivity index (χ2n) is 3.97. The van der Waals surface area contributed by atoms with Crippen molar-refractivity contribution in [3.8, 4) is 0 Å². The number of carbonyl (C=O) groups excluding carboxylic acids is 1. The van der Waals surface area contributed by atoms with Crippen molar-refractivity contribution in [3.05, 3.63) is 33.8 Å². The summed E-state index contributed by atoms with van der Waals surface area (Å²) < 4.78 is 43.1. The minimum Gasteiger partial charge on any atom is -0.383 e. The van der Waals surface area contributed by atoms with Crippen LogP contribution in [0.25, 0.3) is 0 Å². The van der Waals surface area contributed by atoms with Crippen molar-refractivity contribution < 1.29 is 22.7 Å². The Balaban J connectivity index is 2.97. The average molecular weight is 419 g/mol. The fourth-order valence-corrected chi connectivity index (χ4v) is 2.24. The molecule has 1 aromatic carbocycles. The summed E-state index contributed by atoms with van der Waals surface area (Å²) in [5.41, 5.74) is -0.935. The number of carbonyl (C=O) groups is 1. The molecular formula is C12H12Br2F3NO2. The van der Waals surface area contributed by atoms with E-state index in [0.717, 1.165) is 12.1 Å². The normalized spacial score (nSPS) is 13.1. The topological polar surface area (TPSA) is 38.3 Å². The zero-order valence-corrected chi connectivity index (χ0v) is 13.6. The van der Waals surface area contributed by atoms with Crippen molar-refractivity contribution in [1.82, 2.24) is 5.32 Å². The Morgan fingerprint density at radius 3 is 2.60 bits per heavy atom. The Morgan fingerprint density at radius 2 is 2.10 bits per heavy atom. The molecule has 0 aromatic heterocycles. The van der Waals surface area contributed by atoms with Gasteiger partial charge in [0.2, 0.25) is 0 Å². The molecule has 1 rings (SSSR count). The van der Waals surface area contributed by atoms with E-state index in [1.165, 1.54) is 13.2 Å². The van der Waals surface area contributed by atoms with Crippen LogP contribution in [0, 0.1) is 0 Å². The lowest BCUT2D eigenvalue weighted by atomic mass is 10.1. The summed E-state index contributed by atoms with van der Waals surface area (Å²) in [7, 11) is 1.47. The van der Waals surface area contributed by atoms with Gasteiger partial charge >= 0.3 is 6.18 Å². The van der Waals surface area contributed by atoms with Crippen molar-refractivity contribution in [2.24, 2.45) is 0 Å².